The average Bonchev–Trinajstić information content (AvgIpc) is 1.68. The van der Waals surface area contributed by atoms with Gasteiger partial charge in [-0.1, -0.05) is 0 Å². The van der Waals surface area contributed by atoms with E-state index in [4.69, 9.17) is 5.21 Å². The van der Waals surface area contributed by atoms with Crippen LogP contribution in [0.3, 0.4) is 0 Å². The Balaban J connectivity index is 0. The second-order valence-electron chi connectivity index (χ2n) is 0.832. The fourth-order valence-corrected chi connectivity index (χ4v) is 0.163. The van der Waals surface area contributed by atoms with Gasteiger partial charge in [0.05, 0.1) is 6.61 Å². The molecule has 0 aliphatic heterocycles. The van der Waals surface area contributed by atoms with Gasteiger partial charge in [-0.15, -0.1) is 0 Å². The predicted molar refractivity (Wildman–Crippen MR) is 29.1 cm³/mol. The Morgan fingerprint density at radius 1 is 1.88 bits per heavy atom. The summed E-state index contributed by atoms with van der Waals surface area (Å²) in [6.45, 7) is 1.92. The Kier molecular flexibility index (Phi) is 11.4. The number of carbonyl (C=O) groups excluding carboxylic acids is 1. The van der Waals surface area contributed by atoms with Crippen molar-refractivity contribution in [1.29, 1.82) is 0 Å². The third-order valence-corrected chi connectivity index (χ3v) is 0.367. The first-order valence-corrected chi connectivity index (χ1v) is 1.88. The van der Waals surface area contributed by atoms with Crippen LogP contribution < -0.4 is 5.48 Å². The van der Waals surface area contributed by atoms with Crippen LogP contribution in [-0.2, 0) is 4.74 Å². The van der Waals surface area contributed by atoms with E-state index in [1.54, 1.807) is 6.92 Å². The molecule has 0 saturated carbocycles. The van der Waals surface area contributed by atoms with Gasteiger partial charge < -0.3 is 4.74 Å². The summed E-state index contributed by atoms with van der Waals surface area (Å²) in [5.41, 5.74) is 1.30. The molecule has 0 aromatic carbocycles. The fraction of sp³-hybridized carbons (Fsp3) is 0.667. The molecule has 0 radical (unpaired) electrons. The second-order valence-corrected chi connectivity index (χ2v) is 0.832. The molecule has 0 aliphatic carbocycles. The summed E-state index contributed by atoms with van der Waals surface area (Å²) in [6, 6.07) is 0. The molecule has 0 fully saturated rings. The molecule has 0 saturated heterocycles. The fourth-order valence-electron chi connectivity index (χ4n) is 0.163. The van der Waals surface area contributed by atoms with Crippen molar-refractivity contribution in [2.24, 2.45) is 0 Å². The molecular weight excluding hydrogens is 137 g/mol. The molecule has 0 aromatic rings. The molecule has 0 unspecified atom stereocenters. The zero-order valence-corrected chi connectivity index (χ0v) is 3.97. The summed E-state index contributed by atoms with van der Waals surface area (Å²) in [6.07, 6.45) is -0.817. The van der Waals surface area contributed by atoms with E-state index in [2.05, 4.69) is 4.74 Å². The van der Waals surface area contributed by atoms with E-state index in [0.717, 1.165) is 0 Å². The first-order valence-electron chi connectivity index (χ1n) is 1.88. The summed E-state index contributed by atoms with van der Waals surface area (Å²) >= 11 is 0. The molecule has 2 N–H and O–H groups in total. The third kappa shape index (κ3) is 6.87. The van der Waals surface area contributed by atoms with Crippen molar-refractivity contribution < 1.29 is 14.7 Å². The first kappa shape index (κ1) is 11.6. The maximum absolute atomic E-state index is 9.83. The van der Waals surface area contributed by atoms with Crippen LogP contribution in [-0.4, -0.2) is 69.3 Å². The summed E-state index contributed by atoms with van der Waals surface area (Å²) < 4.78 is 4.19. The van der Waals surface area contributed by atoms with Crippen molar-refractivity contribution in [3.8, 4) is 0 Å². The Bertz CT molecular complexity index is 67.5. The van der Waals surface area contributed by atoms with Gasteiger partial charge in [0.15, 0.2) is 0 Å². The molecular formula is C3H8KNO3. The van der Waals surface area contributed by atoms with Gasteiger partial charge in [0.25, 0.3) is 0 Å². The Hall–Kier alpha value is 0.866. The third-order valence-electron chi connectivity index (χ3n) is 0.367. The van der Waals surface area contributed by atoms with Crippen molar-refractivity contribution in [3.05, 3.63) is 0 Å². The second kappa shape index (κ2) is 7.87. The molecule has 0 spiro atoms. The van der Waals surface area contributed by atoms with E-state index in [-0.39, 0.29) is 58.0 Å². The summed E-state index contributed by atoms with van der Waals surface area (Å²) in [7, 11) is 0. The summed E-state index contributed by atoms with van der Waals surface area (Å²) in [5, 5.41) is 7.74. The van der Waals surface area contributed by atoms with E-state index in [1.165, 1.54) is 5.48 Å². The van der Waals surface area contributed by atoms with Crippen LogP contribution >= 0.6 is 0 Å². The molecule has 44 valence electrons. The van der Waals surface area contributed by atoms with Gasteiger partial charge in [0.2, 0.25) is 0 Å². The number of amides is 1. The molecule has 0 aromatic heterocycles. The Morgan fingerprint density at radius 2 is 2.38 bits per heavy atom. The van der Waals surface area contributed by atoms with Gasteiger partial charge in [-0.3, -0.25) is 5.21 Å². The number of nitrogens with one attached hydrogen (secondary N) is 1. The van der Waals surface area contributed by atoms with Crippen LogP contribution in [0.4, 0.5) is 4.79 Å². The van der Waals surface area contributed by atoms with Gasteiger partial charge in [0, 0.05) is 0 Å². The van der Waals surface area contributed by atoms with Gasteiger partial charge in [-0.05, 0) is 6.92 Å². The number of hydrogen-bond donors (Lipinski definition) is 2. The van der Waals surface area contributed by atoms with Crippen LogP contribution in [0.5, 0.6) is 0 Å². The van der Waals surface area contributed by atoms with Crippen molar-refractivity contribution in [2.75, 3.05) is 6.61 Å². The minimum atomic E-state index is -0.817. The number of rotatable bonds is 1. The molecule has 5 heteroatoms. The van der Waals surface area contributed by atoms with Crippen LogP contribution in [0.25, 0.3) is 0 Å². The molecule has 1 amide bonds. The molecule has 0 heterocycles. The van der Waals surface area contributed by atoms with Gasteiger partial charge >= 0.3 is 57.5 Å². The predicted octanol–water partition coefficient (Wildman–Crippen LogP) is -0.527. The maximum atomic E-state index is 9.83. The van der Waals surface area contributed by atoms with Gasteiger partial charge in [-0.25, -0.2) is 10.3 Å². The SMILES string of the molecule is CCOC(=O)NO.[KH]. The molecule has 0 bridgehead atoms. The Morgan fingerprint density at radius 3 is 2.50 bits per heavy atom. The van der Waals surface area contributed by atoms with Gasteiger partial charge in [0.1, 0.15) is 0 Å². The van der Waals surface area contributed by atoms with Gasteiger partial charge in [-0.2, -0.15) is 0 Å². The topological polar surface area (TPSA) is 58.6 Å². The van der Waals surface area contributed by atoms with E-state index in [9.17, 15) is 4.79 Å². The first-order chi connectivity index (χ1) is 3.31. The van der Waals surface area contributed by atoms with Crippen LogP contribution in [0.1, 0.15) is 6.92 Å². The van der Waals surface area contributed by atoms with E-state index in [0.29, 0.717) is 0 Å². The zero-order valence-electron chi connectivity index (χ0n) is 3.97. The van der Waals surface area contributed by atoms with Crippen molar-refractivity contribution in [1.82, 2.24) is 5.48 Å². The van der Waals surface area contributed by atoms with Crippen LogP contribution in [0, 0.1) is 0 Å². The standard InChI is InChI=1S/C3H7NO3.K.H/c1-2-7-3(5)4-6;;/h6H,2H2,1H3,(H,4,5);;. The number of carbonyl (C=O) groups is 1. The molecule has 4 nitrogen and oxygen atoms in total. The van der Waals surface area contributed by atoms with Crippen molar-refractivity contribution in [3.63, 3.8) is 0 Å². The zero-order chi connectivity index (χ0) is 5.70. The number of hydrogen-bond acceptors (Lipinski definition) is 3. The monoisotopic (exact) mass is 145 g/mol. The number of hydroxylamine groups is 1. The summed E-state index contributed by atoms with van der Waals surface area (Å²) in [4.78, 5) is 9.83. The van der Waals surface area contributed by atoms with E-state index >= 15 is 0 Å². The van der Waals surface area contributed by atoms with Crippen molar-refractivity contribution in [2.45, 2.75) is 6.92 Å². The average molecular weight is 145 g/mol. The van der Waals surface area contributed by atoms with E-state index in [1.807, 2.05) is 0 Å². The molecule has 8 heavy (non-hydrogen) atoms. The molecule has 0 aliphatic rings. The van der Waals surface area contributed by atoms with Crippen LogP contribution in [0.2, 0.25) is 0 Å². The molecule has 0 atom stereocenters. The van der Waals surface area contributed by atoms with Crippen LogP contribution in [0.15, 0.2) is 0 Å². The Labute approximate surface area is 90.0 Å². The number of ether oxygens (including phenoxy) is 1. The quantitative estimate of drug-likeness (QED) is 0.296. The molecule has 0 rings (SSSR count). The summed E-state index contributed by atoms with van der Waals surface area (Å²) in [5.74, 6) is 0. The van der Waals surface area contributed by atoms with Crippen molar-refractivity contribution >= 4 is 57.5 Å². The minimum absolute atomic E-state index is 0. The van der Waals surface area contributed by atoms with E-state index < -0.39 is 6.09 Å². The normalized spacial score (nSPS) is 6.75.